The van der Waals surface area contributed by atoms with Gasteiger partial charge in [0.2, 0.25) is 5.91 Å². The van der Waals surface area contributed by atoms with Crippen LogP contribution in [0.5, 0.6) is 0 Å². The number of carbonyl (C=O) groups excluding carboxylic acids is 1. The molecule has 2 aromatic rings. The summed E-state index contributed by atoms with van der Waals surface area (Å²) in [4.78, 5) is 14.2. The second-order valence-electron chi connectivity index (χ2n) is 5.73. The van der Waals surface area contributed by atoms with Gasteiger partial charge in [-0.2, -0.15) is 0 Å². The van der Waals surface area contributed by atoms with E-state index in [0.29, 0.717) is 0 Å². The molecule has 3 heteroatoms. The maximum absolute atomic E-state index is 13.0. The number of thiophene rings is 1. The average Bonchev–Trinajstić information content (AvgIpc) is 3.19. The molecule has 1 N–H and O–H groups in total. The van der Waals surface area contributed by atoms with Crippen molar-refractivity contribution in [3.63, 3.8) is 0 Å². The van der Waals surface area contributed by atoms with E-state index in [-0.39, 0.29) is 11.3 Å². The Balaban J connectivity index is 1.89. The third-order valence-corrected chi connectivity index (χ3v) is 5.61. The number of anilines is 1. The van der Waals surface area contributed by atoms with Crippen molar-refractivity contribution in [2.24, 2.45) is 0 Å². The Morgan fingerprint density at radius 2 is 1.95 bits per heavy atom. The van der Waals surface area contributed by atoms with Gasteiger partial charge in [-0.15, -0.1) is 11.3 Å². The summed E-state index contributed by atoms with van der Waals surface area (Å²) in [6.45, 7) is 2.12. The van der Waals surface area contributed by atoms with Gasteiger partial charge in [-0.1, -0.05) is 44.0 Å². The summed E-state index contributed by atoms with van der Waals surface area (Å²) in [5.41, 5.74) is 1.85. The highest BCUT2D eigenvalue weighted by Gasteiger charge is 2.43. The third kappa shape index (κ3) is 2.62. The molecule has 0 spiro atoms. The number of carbonyl (C=O) groups is 1. The van der Waals surface area contributed by atoms with Crippen molar-refractivity contribution in [1.29, 1.82) is 0 Å². The van der Waals surface area contributed by atoms with Gasteiger partial charge < -0.3 is 5.32 Å². The van der Waals surface area contributed by atoms with E-state index in [1.807, 2.05) is 24.3 Å². The van der Waals surface area contributed by atoms with E-state index in [1.54, 1.807) is 11.3 Å². The molecule has 1 aliphatic carbocycles. The van der Waals surface area contributed by atoms with E-state index in [2.05, 4.69) is 29.8 Å². The molecule has 3 rings (SSSR count). The fraction of sp³-hybridized carbons (Fsp3) is 0.389. The molecular formula is C18H21NOS. The first-order chi connectivity index (χ1) is 10.3. The number of amides is 1. The molecule has 0 aliphatic heterocycles. The summed E-state index contributed by atoms with van der Waals surface area (Å²) in [7, 11) is 0. The Morgan fingerprint density at radius 1 is 1.19 bits per heavy atom. The number of nitrogens with one attached hydrogen (secondary N) is 1. The number of hydrogen-bond donors (Lipinski definition) is 1. The second-order valence-corrected chi connectivity index (χ2v) is 6.68. The maximum atomic E-state index is 13.0. The van der Waals surface area contributed by atoms with Crippen LogP contribution < -0.4 is 5.32 Å². The predicted octanol–water partition coefficient (Wildman–Crippen LogP) is 4.76. The molecule has 0 saturated heterocycles. The van der Waals surface area contributed by atoms with Crippen LogP contribution in [0, 0.1) is 0 Å². The molecule has 110 valence electrons. The zero-order valence-corrected chi connectivity index (χ0v) is 13.2. The standard InChI is InChI=1S/C18H21NOS/c1-2-14-8-3-4-9-15(14)19-17(20)18(11-5-6-12-18)16-10-7-13-21-16/h3-4,7-10,13H,2,5-6,11-12H2,1H3,(H,19,20). The maximum Gasteiger partial charge on any atom is 0.235 e. The molecule has 1 fully saturated rings. The van der Waals surface area contributed by atoms with Gasteiger partial charge in [0.25, 0.3) is 0 Å². The van der Waals surface area contributed by atoms with Crippen LogP contribution in [0.25, 0.3) is 0 Å². The number of benzene rings is 1. The van der Waals surface area contributed by atoms with E-state index in [0.717, 1.165) is 37.8 Å². The molecule has 1 saturated carbocycles. The van der Waals surface area contributed by atoms with Gasteiger partial charge in [-0.25, -0.2) is 0 Å². The van der Waals surface area contributed by atoms with Crippen LogP contribution in [0.15, 0.2) is 41.8 Å². The van der Waals surface area contributed by atoms with E-state index in [4.69, 9.17) is 0 Å². The molecule has 1 amide bonds. The van der Waals surface area contributed by atoms with Gasteiger partial charge in [0, 0.05) is 10.6 Å². The first kappa shape index (κ1) is 14.3. The molecule has 1 aromatic carbocycles. The van der Waals surface area contributed by atoms with Crippen LogP contribution in [0.1, 0.15) is 43.0 Å². The highest BCUT2D eigenvalue weighted by molar-refractivity contribution is 7.10. The van der Waals surface area contributed by atoms with E-state index < -0.39 is 0 Å². The Kier molecular flexibility index (Phi) is 4.11. The van der Waals surface area contributed by atoms with Crippen molar-refractivity contribution in [1.82, 2.24) is 0 Å². The zero-order chi connectivity index (χ0) is 14.7. The van der Waals surface area contributed by atoms with Gasteiger partial charge in [-0.05, 0) is 42.3 Å². The van der Waals surface area contributed by atoms with Gasteiger partial charge in [0.1, 0.15) is 0 Å². The Morgan fingerprint density at radius 3 is 2.62 bits per heavy atom. The molecule has 0 radical (unpaired) electrons. The van der Waals surface area contributed by atoms with Crippen LogP contribution >= 0.6 is 11.3 Å². The average molecular weight is 299 g/mol. The predicted molar refractivity (Wildman–Crippen MR) is 88.9 cm³/mol. The van der Waals surface area contributed by atoms with Crippen LogP contribution in [-0.2, 0) is 16.6 Å². The first-order valence-electron chi connectivity index (χ1n) is 7.69. The van der Waals surface area contributed by atoms with Crippen LogP contribution in [0.4, 0.5) is 5.69 Å². The van der Waals surface area contributed by atoms with Crippen LogP contribution in [-0.4, -0.2) is 5.91 Å². The van der Waals surface area contributed by atoms with Crippen molar-refractivity contribution >= 4 is 22.9 Å². The highest BCUT2D eigenvalue weighted by atomic mass is 32.1. The molecule has 1 aliphatic rings. The summed E-state index contributed by atoms with van der Waals surface area (Å²) in [5, 5.41) is 5.27. The lowest BCUT2D eigenvalue weighted by atomic mass is 9.83. The largest absolute Gasteiger partial charge is 0.325 e. The Labute approximate surface area is 130 Å². The third-order valence-electron chi connectivity index (χ3n) is 4.53. The van der Waals surface area contributed by atoms with Crippen molar-refractivity contribution in [3.8, 4) is 0 Å². The molecule has 1 heterocycles. The molecule has 21 heavy (non-hydrogen) atoms. The van der Waals surface area contributed by atoms with Crippen LogP contribution in [0.3, 0.4) is 0 Å². The lowest BCUT2D eigenvalue weighted by molar-refractivity contribution is -0.121. The monoisotopic (exact) mass is 299 g/mol. The van der Waals surface area contributed by atoms with Gasteiger partial charge in [0.05, 0.1) is 5.41 Å². The minimum Gasteiger partial charge on any atom is -0.325 e. The molecule has 2 nitrogen and oxygen atoms in total. The molecule has 1 aromatic heterocycles. The van der Waals surface area contributed by atoms with E-state index >= 15 is 0 Å². The first-order valence-corrected chi connectivity index (χ1v) is 8.57. The number of para-hydroxylation sites is 1. The molecule has 0 atom stereocenters. The summed E-state index contributed by atoms with van der Waals surface area (Å²) in [6.07, 6.45) is 5.14. The van der Waals surface area contributed by atoms with Gasteiger partial charge in [-0.3, -0.25) is 4.79 Å². The van der Waals surface area contributed by atoms with Crippen LogP contribution in [0.2, 0.25) is 0 Å². The normalized spacial score (nSPS) is 16.8. The highest BCUT2D eigenvalue weighted by Crippen LogP contribution is 2.44. The number of aryl methyl sites for hydroxylation is 1. The van der Waals surface area contributed by atoms with Crippen molar-refractivity contribution < 1.29 is 4.79 Å². The minimum absolute atomic E-state index is 0.170. The summed E-state index contributed by atoms with van der Waals surface area (Å²) >= 11 is 1.71. The molecule has 0 bridgehead atoms. The lowest BCUT2D eigenvalue weighted by Gasteiger charge is -2.27. The Hall–Kier alpha value is -1.61. The fourth-order valence-corrected chi connectivity index (χ4v) is 4.29. The minimum atomic E-state index is -0.310. The van der Waals surface area contributed by atoms with E-state index in [9.17, 15) is 4.79 Å². The molecular weight excluding hydrogens is 278 g/mol. The quantitative estimate of drug-likeness (QED) is 0.866. The van der Waals surface area contributed by atoms with Crippen molar-refractivity contribution in [2.75, 3.05) is 5.32 Å². The molecule has 0 unspecified atom stereocenters. The number of rotatable bonds is 4. The van der Waals surface area contributed by atoms with Crippen molar-refractivity contribution in [3.05, 3.63) is 52.2 Å². The number of hydrogen-bond acceptors (Lipinski definition) is 2. The fourth-order valence-electron chi connectivity index (χ4n) is 3.31. The lowest BCUT2D eigenvalue weighted by Crippen LogP contribution is -2.37. The topological polar surface area (TPSA) is 29.1 Å². The zero-order valence-electron chi connectivity index (χ0n) is 12.4. The summed E-state index contributed by atoms with van der Waals surface area (Å²) in [5.74, 6) is 0.170. The smallest absolute Gasteiger partial charge is 0.235 e. The van der Waals surface area contributed by atoms with E-state index in [1.165, 1.54) is 10.4 Å². The summed E-state index contributed by atoms with van der Waals surface area (Å²) < 4.78 is 0. The van der Waals surface area contributed by atoms with Crippen molar-refractivity contribution in [2.45, 2.75) is 44.4 Å². The summed E-state index contributed by atoms with van der Waals surface area (Å²) in [6, 6.07) is 12.3. The van der Waals surface area contributed by atoms with Gasteiger partial charge >= 0.3 is 0 Å². The Bertz CT molecular complexity index is 612. The SMILES string of the molecule is CCc1ccccc1NC(=O)C1(c2cccs2)CCCC1. The van der Waals surface area contributed by atoms with Gasteiger partial charge in [0.15, 0.2) is 0 Å². The second kappa shape index (κ2) is 6.02.